The van der Waals surface area contributed by atoms with Crippen molar-refractivity contribution in [2.24, 2.45) is 0 Å². The molecule has 0 aromatic carbocycles. The van der Waals surface area contributed by atoms with Crippen LogP contribution in [0.25, 0.3) is 0 Å². The van der Waals surface area contributed by atoms with E-state index in [-0.39, 0.29) is 36.6 Å². The van der Waals surface area contributed by atoms with Crippen molar-refractivity contribution >= 4 is 23.2 Å². The summed E-state index contributed by atoms with van der Waals surface area (Å²) in [6.45, 7) is 3.29. The van der Waals surface area contributed by atoms with Crippen LogP contribution in [0.15, 0.2) is 0 Å². The van der Waals surface area contributed by atoms with Gasteiger partial charge in [0.1, 0.15) is 25.3 Å². The zero-order valence-electron chi connectivity index (χ0n) is 13.4. The molecule has 8 heteroatoms. The summed E-state index contributed by atoms with van der Waals surface area (Å²) in [5.74, 6) is 0.566. The fourth-order valence-electron chi connectivity index (χ4n) is 2.35. The first-order valence-corrected chi connectivity index (χ1v) is 7.81. The van der Waals surface area contributed by atoms with E-state index in [2.05, 4.69) is 28.2 Å². The minimum atomic E-state index is -0.447. The van der Waals surface area contributed by atoms with Crippen LogP contribution in [-0.4, -0.2) is 97.5 Å². The zero-order chi connectivity index (χ0) is 15.1. The van der Waals surface area contributed by atoms with Crippen molar-refractivity contribution in [3.8, 4) is 0 Å². The normalized spacial score (nSPS) is 14.9. The highest BCUT2D eigenvalue weighted by atomic mass is 35.5. The summed E-state index contributed by atoms with van der Waals surface area (Å²) in [7, 11) is 8.40. The number of likely N-dealkylation sites (N-methyl/N-ethyl adjacent to an activating group) is 2. The van der Waals surface area contributed by atoms with Gasteiger partial charge in [0.15, 0.2) is 0 Å². The van der Waals surface area contributed by atoms with Crippen LogP contribution in [0.2, 0.25) is 0 Å². The van der Waals surface area contributed by atoms with Crippen molar-refractivity contribution in [2.75, 3.05) is 66.1 Å². The third-order valence-corrected chi connectivity index (χ3v) is 4.01. The van der Waals surface area contributed by atoms with Crippen molar-refractivity contribution in [3.63, 3.8) is 0 Å². The molecule has 0 saturated heterocycles. The van der Waals surface area contributed by atoms with Gasteiger partial charge in [-0.05, 0) is 0 Å². The molecule has 21 heavy (non-hydrogen) atoms. The monoisotopic (exact) mass is 386 g/mol. The number of aliphatic hydroxyl groups is 2. The fraction of sp³-hybridized carbons (Fsp3) is 1.00. The lowest BCUT2D eigenvalue weighted by Crippen LogP contribution is -3.00. The van der Waals surface area contributed by atoms with E-state index in [0.717, 1.165) is 28.5 Å². The number of rotatable bonds is 10. The fourth-order valence-corrected chi connectivity index (χ4v) is 2.54. The third kappa shape index (κ3) is 14.3. The van der Waals surface area contributed by atoms with Crippen LogP contribution in [0, 0.1) is 0 Å². The second-order valence-corrected chi connectivity index (χ2v) is 7.27. The van der Waals surface area contributed by atoms with Gasteiger partial charge in [0.2, 0.25) is 0 Å². The zero-order valence-corrected chi connectivity index (χ0v) is 16.4. The molecule has 0 aliphatic heterocycles. The lowest BCUT2D eigenvalue weighted by molar-refractivity contribution is -0.912. The van der Waals surface area contributed by atoms with Crippen molar-refractivity contribution in [3.05, 3.63) is 0 Å². The van der Waals surface area contributed by atoms with Crippen LogP contribution in [0.3, 0.4) is 0 Å². The van der Waals surface area contributed by atoms with Gasteiger partial charge in [0.25, 0.3) is 0 Å². The van der Waals surface area contributed by atoms with Gasteiger partial charge in [0, 0.05) is 6.42 Å². The molecule has 4 nitrogen and oxygen atoms in total. The molecule has 0 aliphatic carbocycles. The van der Waals surface area contributed by atoms with Crippen LogP contribution >= 0.6 is 23.2 Å². The number of aliphatic hydroxyl groups excluding tert-OH is 2. The van der Waals surface area contributed by atoms with E-state index in [4.69, 9.17) is 23.2 Å². The molecule has 2 N–H and O–H groups in total. The number of halogens is 4. The van der Waals surface area contributed by atoms with Gasteiger partial charge in [-0.25, -0.2) is 0 Å². The summed E-state index contributed by atoms with van der Waals surface area (Å²) in [5, 5.41) is 19.2. The lowest BCUT2D eigenvalue weighted by atomic mass is 10.2. The molecular weight excluding hydrogens is 358 g/mol. The maximum atomic E-state index is 9.60. The topological polar surface area (TPSA) is 40.5 Å². The van der Waals surface area contributed by atoms with Gasteiger partial charge in [-0.3, -0.25) is 0 Å². The second-order valence-electron chi connectivity index (χ2n) is 6.65. The largest absolute Gasteiger partial charge is 1.00 e. The van der Waals surface area contributed by atoms with Crippen LogP contribution in [0.5, 0.6) is 0 Å². The molecule has 0 aliphatic rings. The van der Waals surface area contributed by atoms with Gasteiger partial charge in [0.05, 0.1) is 53.0 Å². The van der Waals surface area contributed by atoms with E-state index >= 15 is 0 Å². The SMILES string of the molecule is C[N+](C)(CCC[N+](C)(C)CC(O)CCl)CC(O)CCl.[Cl-].[Cl-]. The van der Waals surface area contributed by atoms with Crippen molar-refractivity contribution in [2.45, 2.75) is 18.6 Å². The first kappa shape index (κ1) is 26.9. The van der Waals surface area contributed by atoms with Crippen molar-refractivity contribution in [1.29, 1.82) is 0 Å². The summed E-state index contributed by atoms with van der Waals surface area (Å²) in [6, 6.07) is 0. The molecule has 0 rings (SSSR count). The quantitative estimate of drug-likeness (QED) is 0.290. The smallest absolute Gasteiger partial charge is 0.116 e. The standard InChI is InChI=1S/C13H30Cl2N2O2.2ClH/c1-16(2,10-12(18)8-14)6-5-7-17(3,4)11-13(19)9-15;;/h12-13,18-19H,5-11H2,1-4H3;2*1H/q+2;;/p-2. The van der Waals surface area contributed by atoms with Gasteiger partial charge < -0.3 is 44.0 Å². The highest BCUT2D eigenvalue weighted by Gasteiger charge is 2.24. The highest BCUT2D eigenvalue weighted by molar-refractivity contribution is 6.18. The maximum Gasteiger partial charge on any atom is 0.116 e. The Balaban J connectivity index is -0.00000162. The molecule has 0 radical (unpaired) electrons. The number of hydrogen-bond acceptors (Lipinski definition) is 2. The Hall–Kier alpha value is 1.00. The molecule has 0 aromatic heterocycles. The van der Waals surface area contributed by atoms with Gasteiger partial charge in [-0.15, -0.1) is 23.2 Å². The molecule has 0 amide bonds. The van der Waals surface area contributed by atoms with Crippen molar-refractivity contribution < 1.29 is 44.0 Å². The average molecular weight is 388 g/mol. The Morgan fingerprint density at radius 1 is 0.762 bits per heavy atom. The van der Waals surface area contributed by atoms with E-state index < -0.39 is 12.2 Å². The molecule has 0 fully saturated rings. The lowest BCUT2D eigenvalue weighted by Gasteiger charge is -2.35. The summed E-state index contributed by atoms with van der Waals surface area (Å²) in [6.07, 6.45) is 0.138. The minimum Gasteiger partial charge on any atom is -1.00 e. The Kier molecular flexibility index (Phi) is 15.9. The Morgan fingerprint density at radius 2 is 1.05 bits per heavy atom. The minimum absolute atomic E-state index is 0. The van der Waals surface area contributed by atoms with Crippen LogP contribution < -0.4 is 24.8 Å². The summed E-state index contributed by atoms with van der Waals surface area (Å²) >= 11 is 11.3. The molecule has 0 spiro atoms. The molecule has 0 aromatic rings. The van der Waals surface area contributed by atoms with Crippen LogP contribution in [0.4, 0.5) is 0 Å². The number of nitrogens with zero attached hydrogens (tertiary/aromatic N) is 2. The van der Waals surface area contributed by atoms with E-state index in [1.165, 1.54) is 0 Å². The third-order valence-electron chi connectivity index (χ3n) is 3.29. The number of quaternary nitrogens is 2. The number of hydrogen-bond donors (Lipinski definition) is 2. The van der Waals surface area contributed by atoms with E-state index in [0.29, 0.717) is 13.1 Å². The Morgan fingerprint density at radius 3 is 1.29 bits per heavy atom. The van der Waals surface area contributed by atoms with Gasteiger partial charge in [-0.2, -0.15) is 0 Å². The highest BCUT2D eigenvalue weighted by Crippen LogP contribution is 2.07. The summed E-state index contributed by atoms with van der Waals surface area (Å²) in [5.41, 5.74) is 0. The molecule has 0 heterocycles. The Bertz CT molecular complexity index is 232. The summed E-state index contributed by atoms with van der Waals surface area (Å²) < 4.78 is 1.51. The van der Waals surface area contributed by atoms with E-state index in [1.54, 1.807) is 0 Å². The van der Waals surface area contributed by atoms with Crippen LogP contribution in [-0.2, 0) is 0 Å². The first-order chi connectivity index (χ1) is 8.62. The average Bonchev–Trinajstić information content (AvgIpc) is 2.26. The predicted molar refractivity (Wildman–Crippen MR) is 81.8 cm³/mol. The molecular formula is C13H30Cl4N2O2. The van der Waals surface area contributed by atoms with Crippen LogP contribution in [0.1, 0.15) is 6.42 Å². The van der Waals surface area contributed by atoms with Gasteiger partial charge in [-0.1, -0.05) is 0 Å². The molecule has 2 unspecified atom stereocenters. The molecule has 0 bridgehead atoms. The molecule has 132 valence electrons. The number of alkyl halides is 2. The molecule has 2 atom stereocenters. The van der Waals surface area contributed by atoms with E-state index in [1.807, 2.05) is 0 Å². The van der Waals surface area contributed by atoms with Gasteiger partial charge >= 0.3 is 0 Å². The Labute approximate surface area is 152 Å². The maximum absolute atomic E-state index is 9.60. The molecule has 0 saturated carbocycles. The second kappa shape index (κ2) is 12.4. The van der Waals surface area contributed by atoms with E-state index in [9.17, 15) is 10.2 Å². The predicted octanol–water partition coefficient (Wildman–Crippen LogP) is -5.26. The summed E-state index contributed by atoms with van der Waals surface area (Å²) in [4.78, 5) is 0. The first-order valence-electron chi connectivity index (χ1n) is 6.74. The van der Waals surface area contributed by atoms with Crippen molar-refractivity contribution in [1.82, 2.24) is 0 Å².